The fourth-order valence-corrected chi connectivity index (χ4v) is 6.08. The van der Waals surface area contributed by atoms with Crippen LogP contribution in [0.1, 0.15) is 37.3 Å². The molecule has 0 spiro atoms. The van der Waals surface area contributed by atoms with E-state index in [0.29, 0.717) is 34.2 Å². The maximum atomic E-state index is 15.2. The fraction of sp³-hybridized carbons (Fsp3) is 0.414. The van der Waals surface area contributed by atoms with Crippen molar-refractivity contribution in [2.75, 3.05) is 39.0 Å². The molecule has 0 bridgehead atoms. The Morgan fingerprint density at radius 2 is 1.69 bits per heavy atom. The van der Waals surface area contributed by atoms with E-state index in [-0.39, 0.29) is 18.4 Å². The van der Waals surface area contributed by atoms with Gasteiger partial charge in [0.25, 0.3) is 0 Å². The molecule has 204 valence electrons. The van der Waals surface area contributed by atoms with Gasteiger partial charge >= 0.3 is 0 Å². The molecule has 0 atom stereocenters. The van der Waals surface area contributed by atoms with Crippen LogP contribution in [0, 0.1) is 5.82 Å². The van der Waals surface area contributed by atoms with Crippen molar-refractivity contribution in [1.82, 2.24) is 29.5 Å². The smallest absolute Gasteiger partial charge is 0.165 e. The Morgan fingerprint density at radius 1 is 0.974 bits per heavy atom. The maximum Gasteiger partial charge on any atom is 0.165 e. The van der Waals surface area contributed by atoms with Crippen LogP contribution in [-0.4, -0.2) is 68.8 Å². The van der Waals surface area contributed by atoms with E-state index in [1.165, 1.54) is 12.4 Å². The first-order chi connectivity index (χ1) is 19.0. The number of rotatable bonds is 6. The normalized spacial score (nSPS) is 20.9. The lowest BCUT2D eigenvalue weighted by atomic mass is 9.90. The summed E-state index contributed by atoms with van der Waals surface area (Å²) in [6, 6.07) is 13.5. The molecule has 6 rings (SSSR count). The first-order valence-corrected chi connectivity index (χ1v) is 14.3. The number of nitrogen functional groups attached to an aromatic ring is 1. The van der Waals surface area contributed by atoms with E-state index < -0.39 is 5.82 Å². The Morgan fingerprint density at radius 3 is 2.41 bits per heavy atom. The van der Waals surface area contributed by atoms with E-state index in [0.717, 1.165) is 61.9 Å². The second kappa shape index (κ2) is 11.2. The van der Waals surface area contributed by atoms with Crippen molar-refractivity contribution in [3.63, 3.8) is 0 Å². The number of nitrogens with zero attached hydrogens (tertiary/aromatic N) is 6. The summed E-state index contributed by atoms with van der Waals surface area (Å²) >= 11 is 3.42. The molecule has 3 heterocycles. The molecule has 1 saturated carbocycles. The first-order valence-electron chi connectivity index (χ1n) is 13.5. The Bertz CT molecular complexity index is 1440. The Hall–Kier alpha value is -3.08. The van der Waals surface area contributed by atoms with Gasteiger partial charge < -0.3 is 15.4 Å². The average molecular weight is 595 g/mol. The second-order valence-corrected chi connectivity index (χ2v) is 11.5. The predicted octanol–water partition coefficient (Wildman–Crippen LogP) is 5.29. The van der Waals surface area contributed by atoms with Crippen LogP contribution >= 0.6 is 15.9 Å². The summed E-state index contributed by atoms with van der Waals surface area (Å²) in [6.45, 7) is 4.82. The largest absolute Gasteiger partial charge is 0.486 e. The number of benzene rings is 2. The number of hydrogen-bond acceptors (Lipinski definition) is 7. The van der Waals surface area contributed by atoms with Crippen LogP contribution in [-0.2, 0) is 6.61 Å². The van der Waals surface area contributed by atoms with Crippen molar-refractivity contribution < 1.29 is 9.13 Å². The van der Waals surface area contributed by atoms with Crippen LogP contribution in [0.5, 0.6) is 5.75 Å². The zero-order valence-corrected chi connectivity index (χ0v) is 23.6. The summed E-state index contributed by atoms with van der Waals surface area (Å²) in [5, 5.41) is 5.63. The van der Waals surface area contributed by atoms with Crippen LogP contribution < -0.4 is 10.5 Å². The zero-order valence-electron chi connectivity index (χ0n) is 22.1. The van der Waals surface area contributed by atoms with E-state index in [4.69, 9.17) is 15.6 Å². The molecule has 2 N–H and O–H groups in total. The van der Waals surface area contributed by atoms with Gasteiger partial charge in [-0.3, -0.25) is 4.90 Å². The second-order valence-electron chi connectivity index (χ2n) is 10.6. The molecule has 1 aliphatic heterocycles. The molecule has 0 unspecified atom stereocenters. The standard InChI is InChI=1S/C29H33BrFN7O/c1-36-12-14-37(15-13-36)22-7-9-23(10-8-22)38-29-26(28(32)33-18-34-29)27(35-38)20-4-11-25(24(31)16-20)39-17-19-2-5-21(30)6-3-19/h2-6,11,16,18,22-23H,7-10,12-15,17H2,1H3,(H2,32,33,34). The Balaban J connectivity index is 1.22. The van der Waals surface area contributed by atoms with Gasteiger partial charge in [0.05, 0.1) is 11.4 Å². The van der Waals surface area contributed by atoms with Gasteiger partial charge in [0.15, 0.2) is 17.2 Å². The molecule has 2 fully saturated rings. The average Bonchev–Trinajstić information content (AvgIpc) is 3.35. The van der Waals surface area contributed by atoms with Crippen LogP contribution in [0.25, 0.3) is 22.3 Å². The molecule has 0 radical (unpaired) electrons. The van der Waals surface area contributed by atoms with Crippen molar-refractivity contribution in [3.05, 3.63) is 64.6 Å². The van der Waals surface area contributed by atoms with Gasteiger partial charge in [-0.15, -0.1) is 0 Å². The number of nitrogens with two attached hydrogens (primary N) is 1. The minimum absolute atomic E-state index is 0.192. The number of piperazine rings is 1. The summed E-state index contributed by atoms with van der Waals surface area (Å²) in [4.78, 5) is 13.8. The highest BCUT2D eigenvalue weighted by molar-refractivity contribution is 9.10. The summed E-state index contributed by atoms with van der Waals surface area (Å²) in [5.74, 6) is 0.0932. The summed E-state index contributed by atoms with van der Waals surface area (Å²) in [6.07, 6.45) is 5.78. The Kier molecular flexibility index (Phi) is 7.51. The summed E-state index contributed by atoms with van der Waals surface area (Å²) in [5.41, 5.74) is 9.21. The van der Waals surface area contributed by atoms with E-state index in [2.05, 4.69) is 42.7 Å². The van der Waals surface area contributed by atoms with Gasteiger partial charge in [0.2, 0.25) is 0 Å². The third-order valence-corrected chi connectivity index (χ3v) is 8.63. The molecule has 10 heteroatoms. The predicted molar refractivity (Wildman–Crippen MR) is 154 cm³/mol. The molecule has 1 saturated heterocycles. The number of halogens is 2. The fourth-order valence-electron chi connectivity index (χ4n) is 5.81. The quantitative estimate of drug-likeness (QED) is 0.325. The highest BCUT2D eigenvalue weighted by atomic mass is 79.9. The number of anilines is 1. The molecule has 0 amide bonds. The van der Waals surface area contributed by atoms with E-state index in [1.807, 2.05) is 35.0 Å². The van der Waals surface area contributed by atoms with Gasteiger partial charge in [0, 0.05) is 42.3 Å². The van der Waals surface area contributed by atoms with E-state index in [9.17, 15) is 0 Å². The number of ether oxygens (including phenoxy) is 1. The van der Waals surface area contributed by atoms with Crippen LogP contribution in [0.15, 0.2) is 53.3 Å². The lowest BCUT2D eigenvalue weighted by Gasteiger charge is -2.41. The molecule has 39 heavy (non-hydrogen) atoms. The van der Waals surface area contributed by atoms with Crippen molar-refractivity contribution in [3.8, 4) is 17.0 Å². The molecule has 2 aliphatic rings. The van der Waals surface area contributed by atoms with E-state index >= 15 is 4.39 Å². The third kappa shape index (κ3) is 5.50. The number of fused-ring (bicyclic) bond motifs is 1. The van der Waals surface area contributed by atoms with Gasteiger partial charge in [-0.1, -0.05) is 28.1 Å². The minimum atomic E-state index is -0.449. The number of hydrogen-bond donors (Lipinski definition) is 1. The number of aromatic nitrogens is 4. The van der Waals surface area contributed by atoms with Gasteiger partial charge in [-0.05, 0) is 68.6 Å². The highest BCUT2D eigenvalue weighted by Crippen LogP contribution is 2.38. The first kappa shape index (κ1) is 26.2. The SMILES string of the molecule is CN1CCN(C2CCC(n3nc(-c4ccc(OCc5ccc(Br)cc5)c(F)c4)c4c(N)ncnc43)CC2)CC1. The molecular weight excluding hydrogens is 561 g/mol. The molecule has 2 aromatic heterocycles. The van der Waals surface area contributed by atoms with Gasteiger partial charge in [-0.2, -0.15) is 5.10 Å². The maximum absolute atomic E-state index is 15.2. The van der Waals surface area contributed by atoms with Gasteiger partial charge in [-0.25, -0.2) is 19.0 Å². The molecule has 1 aliphatic carbocycles. The van der Waals surface area contributed by atoms with Gasteiger partial charge in [0.1, 0.15) is 24.4 Å². The highest BCUT2D eigenvalue weighted by Gasteiger charge is 2.30. The monoisotopic (exact) mass is 593 g/mol. The van der Waals surface area contributed by atoms with Crippen molar-refractivity contribution in [2.24, 2.45) is 0 Å². The molecule has 8 nitrogen and oxygen atoms in total. The Labute approximate surface area is 236 Å². The molecular formula is C29H33BrFN7O. The summed E-state index contributed by atoms with van der Waals surface area (Å²) in [7, 11) is 2.19. The van der Waals surface area contributed by atoms with Crippen molar-refractivity contribution in [1.29, 1.82) is 0 Å². The van der Waals surface area contributed by atoms with Crippen molar-refractivity contribution >= 4 is 32.8 Å². The number of likely N-dealkylation sites (N-methyl/N-ethyl adjacent to an activating group) is 1. The molecule has 2 aromatic carbocycles. The topological polar surface area (TPSA) is 85.3 Å². The zero-order chi connectivity index (χ0) is 26.9. The van der Waals surface area contributed by atoms with Crippen LogP contribution in [0.3, 0.4) is 0 Å². The molecule has 4 aromatic rings. The summed E-state index contributed by atoms with van der Waals surface area (Å²) < 4.78 is 23.9. The lowest BCUT2D eigenvalue weighted by Crippen LogP contribution is -2.49. The van der Waals surface area contributed by atoms with E-state index in [1.54, 1.807) is 6.07 Å². The van der Waals surface area contributed by atoms with Crippen molar-refractivity contribution in [2.45, 2.75) is 44.4 Å². The van der Waals surface area contributed by atoms with Crippen LogP contribution in [0.2, 0.25) is 0 Å². The van der Waals surface area contributed by atoms with Crippen LogP contribution in [0.4, 0.5) is 10.2 Å². The lowest BCUT2D eigenvalue weighted by molar-refractivity contribution is 0.0815. The minimum Gasteiger partial charge on any atom is -0.486 e. The third-order valence-electron chi connectivity index (χ3n) is 8.10.